The summed E-state index contributed by atoms with van der Waals surface area (Å²) in [6.45, 7) is 13.3. The summed E-state index contributed by atoms with van der Waals surface area (Å²) in [7, 11) is 0. The third-order valence-electron chi connectivity index (χ3n) is 9.63. The van der Waals surface area contributed by atoms with Gasteiger partial charge in [0.15, 0.2) is 5.89 Å². The predicted molar refractivity (Wildman–Crippen MR) is 180 cm³/mol. The zero-order chi connectivity index (χ0) is 32.1. The van der Waals surface area contributed by atoms with Crippen LogP contribution in [0.15, 0.2) is 46.1 Å². The number of nitrogens with zero attached hydrogens (tertiary/aromatic N) is 4. The maximum atomic E-state index is 12.7. The minimum Gasteiger partial charge on any atom is -0.449 e. The van der Waals surface area contributed by atoms with Gasteiger partial charge in [0, 0.05) is 29.1 Å². The van der Waals surface area contributed by atoms with Crippen LogP contribution in [0.2, 0.25) is 0 Å². The van der Waals surface area contributed by atoms with Gasteiger partial charge in [-0.05, 0) is 96.1 Å². The molecule has 3 aromatic rings. The first-order valence-corrected chi connectivity index (χ1v) is 16.7. The Morgan fingerprint density at radius 1 is 1.16 bits per heavy atom. The van der Waals surface area contributed by atoms with Gasteiger partial charge < -0.3 is 14.1 Å². The molecule has 2 fully saturated rings. The van der Waals surface area contributed by atoms with Crippen LogP contribution < -0.4 is 4.90 Å². The van der Waals surface area contributed by atoms with Crippen LogP contribution in [0, 0.1) is 30.1 Å². The molecule has 0 bridgehead atoms. The molecule has 238 valence electrons. The molecule has 1 amide bonds. The molecule has 10 heteroatoms. The molecule has 1 aliphatic carbocycles. The van der Waals surface area contributed by atoms with Gasteiger partial charge in [0.1, 0.15) is 34.6 Å². The van der Waals surface area contributed by atoms with Gasteiger partial charge in [0.25, 0.3) is 0 Å². The average molecular weight is 629 g/mol. The molecule has 0 unspecified atom stereocenters. The fourth-order valence-electron chi connectivity index (χ4n) is 7.10. The van der Waals surface area contributed by atoms with Crippen molar-refractivity contribution >= 4 is 39.8 Å². The highest BCUT2D eigenvalue weighted by atomic mass is 32.1. The Morgan fingerprint density at radius 3 is 2.49 bits per heavy atom. The minimum absolute atomic E-state index is 0.186. The standard InChI is InChI=1S/C35H44N6O3S/c1-21-22(2)45-32-29(21)30(39-27(19-28-38-16-18-43-28)31(37)41(32)23(3)36)26-9-7-24(8-10-26)25-11-13-35(14-12-25)15-17-40(20-35)33(42)44-34(4,5)6/h7-10,16,18,25,27,36-37H,11-15,17,19-20H2,1-6H3/t25?,27-,35?/m0/s1. The van der Waals surface area contributed by atoms with E-state index < -0.39 is 11.6 Å². The smallest absolute Gasteiger partial charge is 0.410 e. The number of aromatic nitrogens is 1. The maximum absolute atomic E-state index is 12.7. The first-order valence-electron chi connectivity index (χ1n) is 15.9. The van der Waals surface area contributed by atoms with E-state index in [4.69, 9.17) is 25.0 Å². The number of benzene rings is 1. The zero-order valence-corrected chi connectivity index (χ0v) is 28.0. The van der Waals surface area contributed by atoms with Crippen molar-refractivity contribution in [3.63, 3.8) is 0 Å². The number of nitrogens with one attached hydrogen (secondary N) is 2. The SMILES string of the molecule is CC(=N)N1C(=N)[C@H](Cc2ncco2)N=C(c2ccc(C3CCC4(CC3)CCN(C(=O)OC(C)(C)C)C4)cc2)c2c1sc(C)c2C. The maximum Gasteiger partial charge on any atom is 0.410 e. The normalized spacial score (nSPS) is 23.6. The number of aliphatic imine (C=N–C) groups is 1. The molecule has 9 nitrogen and oxygen atoms in total. The highest BCUT2D eigenvalue weighted by Crippen LogP contribution is 2.48. The second-order valence-corrected chi connectivity index (χ2v) is 15.1. The average Bonchev–Trinajstić information content (AvgIpc) is 3.70. The van der Waals surface area contributed by atoms with E-state index in [9.17, 15) is 4.79 Å². The van der Waals surface area contributed by atoms with Gasteiger partial charge in [-0.3, -0.25) is 20.7 Å². The van der Waals surface area contributed by atoms with Gasteiger partial charge in [-0.25, -0.2) is 9.78 Å². The molecule has 0 radical (unpaired) electrons. The van der Waals surface area contributed by atoms with E-state index in [0.717, 1.165) is 77.5 Å². The number of amidine groups is 2. The van der Waals surface area contributed by atoms with E-state index in [1.807, 2.05) is 25.7 Å². The van der Waals surface area contributed by atoms with Crippen molar-refractivity contribution in [2.24, 2.45) is 10.4 Å². The number of ether oxygens (including phenoxy) is 1. The lowest BCUT2D eigenvalue weighted by Crippen LogP contribution is -2.40. The van der Waals surface area contributed by atoms with Gasteiger partial charge in [-0.15, -0.1) is 11.3 Å². The molecule has 4 heterocycles. The van der Waals surface area contributed by atoms with Crippen molar-refractivity contribution in [1.82, 2.24) is 9.88 Å². The molecular formula is C35H44N6O3S. The Labute approximate surface area is 269 Å². The number of fused-ring (bicyclic) bond motifs is 1. The van der Waals surface area contributed by atoms with Crippen LogP contribution in [0.4, 0.5) is 9.80 Å². The van der Waals surface area contributed by atoms with E-state index in [-0.39, 0.29) is 17.3 Å². The van der Waals surface area contributed by atoms with Crippen LogP contribution in [0.5, 0.6) is 0 Å². The van der Waals surface area contributed by atoms with Crippen LogP contribution in [0.1, 0.15) is 98.7 Å². The number of likely N-dealkylation sites (tertiary alicyclic amines) is 1. The van der Waals surface area contributed by atoms with Gasteiger partial charge in [-0.2, -0.15) is 0 Å². The number of carbonyl (C=O) groups is 1. The van der Waals surface area contributed by atoms with E-state index in [1.54, 1.807) is 35.6 Å². The van der Waals surface area contributed by atoms with E-state index in [0.29, 0.717) is 24.1 Å². The van der Waals surface area contributed by atoms with E-state index in [1.165, 1.54) is 5.56 Å². The van der Waals surface area contributed by atoms with E-state index in [2.05, 4.69) is 43.1 Å². The first kappa shape index (κ1) is 31.2. The third kappa shape index (κ3) is 6.21. The summed E-state index contributed by atoms with van der Waals surface area (Å²) in [6, 6.07) is 8.30. The Balaban J connectivity index is 1.23. The van der Waals surface area contributed by atoms with Gasteiger partial charge in [0.05, 0.1) is 18.3 Å². The van der Waals surface area contributed by atoms with Crippen LogP contribution in [0.25, 0.3) is 0 Å². The van der Waals surface area contributed by atoms with Crippen molar-refractivity contribution in [1.29, 1.82) is 10.8 Å². The number of anilines is 1. The van der Waals surface area contributed by atoms with Gasteiger partial charge in [-0.1, -0.05) is 24.3 Å². The van der Waals surface area contributed by atoms with Crippen molar-refractivity contribution in [2.45, 2.75) is 97.6 Å². The topological polar surface area (TPSA) is 119 Å². The Morgan fingerprint density at radius 2 is 1.87 bits per heavy atom. The number of oxazole rings is 1. The quantitative estimate of drug-likeness (QED) is 0.225. The summed E-state index contributed by atoms with van der Waals surface area (Å²) in [5, 5.41) is 18.6. The van der Waals surface area contributed by atoms with Crippen molar-refractivity contribution in [3.8, 4) is 0 Å². The molecule has 1 atom stereocenters. The summed E-state index contributed by atoms with van der Waals surface area (Å²) in [5.74, 6) is 1.55. The molecule has 3 aliphatic rings. The monoisotopic (exact) mass is 628 g/mol. The number of rotatable bonds is 4. The fourth-order valence-corrected chi connectivity index (χ4v) is 8.32. The van der Waals surface area contributed by atoms with Crippen LogP contribution >= 0.6 is 11.3 Å². The molecule has 6 rings (SSSR count). The summed E-state index contributed by atoms with van der Waals surface area (Å²) >= 11 is 1.61. The molecular weight excluding hydrogens is 584 g/mol. The number of amides is 1. The van der Waals surface area contributed by atoms with Gasteiger partial charge >= 0.3 is 6.09 Å². The number of hydrogen-bond donors (Lipinski definition) is 2. The number of carbonyl (C=O) groups excluding carboxylic acids is 1. The molecule has 1 spiro atoms. The minimum atomic E-state index is -0.542. The number of hydrogen-bond acceptors (Lipinski definition) is 8. The lowest BCUT2D eigenvalue weighted by atomic mass is 9.68. The lowest BCUT2D eigenvalue weighted by Gasteiger charge is -2.37. The van der Waals surface area contributed by atoms with Crippen molar-refractivity contribution in [3.05, 3.63) is 69.7 Å². The van der Waals surface area contributed by atoms with Crippen LogP contribution in [-0.4, -0.2) is 58.1 Å². The Hall–Kier alpha value is -3.79. The fraction of sp³-hybridized carbons (Fsp3) is 0.514. The van der Waals surface area contributed by atoms with Gasteiger partial charge in [0.2, 0.25) is 0 Å². The first-order chi connectivity index (χ1) is 21.3. The van der Waals surface area contributed by atoms with Crippen molar-refractivity contribution < 1.29 is 13.9 Å². The molecule has 2 aliphatic heterocycles. The second kappa shape index (κ2) is 11.9. The largest absolute Gasteiger partial charge is 0.449 e. The summed E-state index contributed by atoms with van der Waals surface area (Å²) in [5.41, 5.74) is 5.04. The molecule has 1 saturated carbocycles. The van der Waals surface area contributed by atoms with Crippen LogP contribution in [0.3, 0.4) is 0 Å². The number of aryl methyl sites for hydroxylation is 1. The van der Waals surface area contributed by atoms with Crippen LogP contribution in [-0.2, 0) is 11.2 Å². The molecule has 45 heavy (non-hydrogen) atoms. The Kier molecular flexibility index (Phi) is 8.22. The zero-order valence-electron chi connectivity index (χ0n) is 27.2. The predicted octanol–water partition coefficient (Wildman–Crippen LogP) is 7.88. The van der Waals surface area contributed by atoms with E-state index >= 15 is 0 Å². The Bertz CT molecular complexity index is 1620. The third-order valence-corrected chi connectivity index (χ3v) is 10.8. The highest BCUT2D eigenvalue weighted by molar-refractivity contribution is 7.17. The second-order valence-electron chi connectivity index (χ2n) is 13.9. The summed E-state index contributed by atoms with van der Waals surface area (Å²) < 4.78 is 11.2. The molecule has 1 aromatic carbocycles. The highest BCUT2D eigenvalue weighted by Gasteiger charge is 2.43. The summed E-state index contributed by atoms with van der Waals surface area (Å²) in [6.07, 6.45) is 8.82. The summed E-state index contributed by atoms with van der Waals surface area (Å²) in [4.78, 5) is 27.0. The molecule has 1 saturated heterocycles. The van der Waals surface area contributed by atoms with Crippen molar-refractivity contribution in [2.75, 3.05) is 18.0 Å². The molecule has 2 N–H and O–H groups in total. The lowest BCUT2D eigenvalue weighted by molar-refractivity contribution is 0.0260. The molecule has 2 aromatic heterocycles. The number of thiophene rings is 1.